The third-order valence-electron chi connectivity index (χ3n) is 6.15. The van der Waals surface area contributed by atoms with E-state index in [1.165, 1.54) is 25.3 Å². The number of hydrogen-bond acceptors (Lipinski definition) is 5. The SMILES string of the molecule is COc1ccc(CN(c2cccc(F)n2)S(=O)(=O)c2cc(Cl)c(N[C@@H](C)c3ccccc3F)cc2F)c(C)c1. The van der Waals surface area contributed by atoms with Crippen molar-refractivity contribution in [2.75, 3.05) is 16.7 Å². The second kappa shape index (κ2) is 11.5. The number of ether oxygens (including phenoxy) is 1. The molecular formula is C28H25ClF3N3O3S. The monoisotopic (exact) mass is 575 g/mol. The van der Waals surface area contributed by atoms with Gasteiger partial charge >= 0.3 is 0 Å². The lowest BCUT2D eigenvalue weighted by Crippen LogP contribution is -2.32. The van der Waals surface area contributed by atoms with Gasteiger partial charge in [-0.25, -0.2) is 26.5 Å². The van der Waals surface area contributed by atoms with Crippen molar-refractivity contribution in [3.8, 4) is 5.75 Å². The summed E-state index contributed by atoms with van der Waals surface area (Å²) in [6.07, 6.45) is 0. The van der Waals surface area contributed by atoms with Crippen molar-refractivity contribution >= 4 is 33.1 Å². The number of benzene rings is 3. The fourth-order valence-electron chi connectivity index (χ4n) is 4.05. The van der Waals surface area contributed by atoms with Gasteiger partial charge in [-0.1, -0.05) is 41.9 Å². The first-order chi connectivity index (χ1) is 18.5. The molecule has 0 amide bonds. The van der Waals surface area contributed by atoms with Crippen LogP contribution in [0.4, 0.5) is 24.7 Å². The Kier molecular flexibility index (Phi) is 8.36. The molecule has 0 aliphatic rings. The Morgan fingerprint density at radius 1 is 1.00 bits per heavy atom. The molecule has 0 bridgehead atoms. The van der Waals surface area contributed by atoms with Gasteiger partial charge in [-0.2, -0.15) is 4.39 Å². The van der Waals surface area contributed by atoms with Crippen molar-refractivity contribution in [1.29, 1.82) is 0 Å². The zero-order valence-corrected chi connectivity index (χ0v) is 22.8. The molecule has 4 aromatic rings. The van der Waals surface area contributed by atoms with E-state index in [1.807, 2.05) is 0 Å². The minimum absolute atomic E-state index is 0.0744. The van der Waals surface area contributed by atoms with Gasteiger partial charge in [-0.15, -0.1) is 0 Å². The maximum atomic E-state index is 15.4. The van der Waals surface area contributed by atoms with Crippen LogP contribution in [-0.4, -0.2) is 20.5 Å². The Balaban J connectivity index is 1.74. The number of halogens is 4. The molecule has 3 aromatic carbocycles. The van der Waals surface area contributed by atoms with E-state index in [-0.39, 0.29) is 23.1 Å². The second-order valence-corrected chi connectivity index (χ2v) is 11.0. The number of rotatable bonds is 9. The fraction of sp³-hybridized carbons (Fsp3) is 0.179. The van der Waals surface area contributed by atoms with E-state index in [4.69, 9.17) is 16.3 Å². The van der Waals surface area contributed by atoms with Crippen LogP contribution in [0, 0.1) is 24.5 Å². The van der Waals surface area contributed by atoms with Crippen LogP contribution in [0.25, 0.3) is 0 Å². The lowest BCUT2D eigenvalue weighted by molar-refractivity contribution is 0.414. The molecule has 0 saturated carbocycles. The van der Waals surface area contributed by atoms with Crippen LogP contribution in [-0.2, 0) is 16.6 Å². The summed E-state index contributed by atoms with van der Waals surface area (Å²) in [4.78, 5) is 3.00. The van der Waals surface area contributed by atoms with Crippen molar-refractivity contribution in [1.82, 2.24) is 4.98 Å². The van der Waals surface area contributed by atoms with Crippen LogP contribution in [0.5, 0.6) is 5.75 Å². The largest absolute Gasteiger partial charge is 0.497 e. The molecule has 0 aliphatic carbocycles. The number of aromatic nitrogens is 1. The maximum absolute atomic E-state index is 15.4. The molecule has 1 atom stereocenters. The van der Waals surface area contributed by atoms with Gasteiger partial charge in [0.2, 0.25) is 5.95 Å². The topological polar surface area (TPSA) is 71.5 Å². The lowest BCUT2D eigenvalue weighted by atomic mass is 10.1. The normalized spacial score (nSPS) is 12.2. The van der Waals surface area contributed by atoms with E-state index < -0.39 is 38.5 Å². The van der Waals surface area contributed by atoms with Crippen LogP contribution in [0.15, 0.2) is 77.7 Å². The molecule has 1 heterocycles. The van der Waals surface area contributed by atoms with Crippen LogP contribution in [0.2, 0.25) is 5.02 Å². The van der Waals surface area contributed by atoms with E-state index in [0.29, 0.717) is 22.4 Å². The summed E-state index contributed by atoms with van der Waals surface area (Å²) in [5.74, 6) is -2.13. The smallest absolute Gasteiger partial charge is 0.268 e. The molecule has 0 aliphatic heterocycles. The van der Waals surface area contributed by atoms with Gasteiger partial charge in [0, 0.05) is 5.56 Å². The Morgan fingerprint density at radius 3 is 2.41 bits per heavy atom. The first-order valence-electron chi connectivity index (χ1n) is 11.8. The average molecular weight is 576 g/mol. The van der Waals surface area contributed by atoms with Gasteiger partial charge < -0.3 is 10.1 Å². The van der Waals surface area contributed by atoms with E-state index in [2.05, 4.69) is 10.3 Å². The molecule has 0 radical (unpaired) electrons. The van der Waals surface area contributed by atoms with Gasteiger partial charge in [-0.05, 0) is 67.4 Å². The average Bonchev–Trinajstić information content (AvgIpc) is 2.89. The molecule has 1 N–H and O–H groups in total. The molecule has 0 unspecified atom stereocenters. The maximum Gasteiger partial charge on any atom is 0.268 e. The van der Waals surface area contributed by atoms with Crippen molar-refractivity contribution in [2.24, 2.45) is 0 Å². The van der Waals surface area contributed by atoms with E-state index in [0.717, 1.165) is 22.5 Å². The van der Waals surface area contributed by atoms with Gasteiger partial charge in [-0.3, -0.25) is 0 Å². The highest BCUT2D eigenvalue weighted by Gasteiger charge is 2.31. The summed E-state index contributed by atoms with van der Waals surface area (Å²) in [5, 5.41) is 2.81. The molecule has 11 heteroatoms. The third kappa shape index (κ3) is 6.12. The minimum atomic E-state index is -4.63. The van der Waals surface area contributed by atoms with Gasteiger partial charge in [0.05, 0.1) is 30.4 Å². The Hall–Kier alpha value is -3.76. The highest BCUT2D eigenvalue weighted by Crippen LogP contribution is 2.34. The summed E-state index contributed by atoms with van der Waals surface area (Å²) in [6.45, 7) is 3.15. The number of nitrogens with zero attached hydrogens (tertiary/aromatic N) is 2. The predicted molar refractivity (Wildman–Crippen MR) is 145 cm³/mol. The van der Waals surface area contributed by atoms with Crippen LogP contribution >= 0.6 is 11.6 Å². The fourth-order valence-corrected chi connectivity index (χ4v) is 5.80. The summed E-state index contributed by atoms with van der Waals surface area (Å²) >= 11 is 6.38. The number of nitrogens with one attached hydrogen (secondary N) is 1. The molecule has 4 rings (SSSR count). The van der Waals surface area contributed by atoms with Crippen molar-refractivity contribution in [3.63, 3.8) is 0 Å². The van der Waals surface area contributed by atoms with E-state index in [9.17, 15) is 17.2 Å². The second-order valence-electron chi connectivity index (χ2n) is 8.77. The predicted octanol–water partition coefficient (Wildman–Crippen LogP) is 7.04. The summed E-state index contributed by atoms with van der Waals surface area (Å²) < 4.78 is 77.4. The van der Waals surface area contributed by atoms with Crippen molar-refractivity contribution in [2.45, 2.75) is 31.3 Å². The van der Waals surface area contributed by atoms with Crippen molar-refractivity contribution < 1.29 is 26.3 Å². The highest BCUT2D eigenvalue weighted by molar-refractivity contribution is 7.92. The van der Waals surface area contributed by atoms with Gasteiger partial charge in [0.25, 0.3) is 10.0 Å². The minimum Gasteiger partial charge on any atom is -0.497 e. The van der Waals surface area contributed by atoms with E-state index in [1.54, 1.807) is 50.2 Å². The molecular weight excluding hydrogens is 551 g/mol. The number of pyridine rings is 1. The molecule has 0 fully saturated rings. The zero-order chi connectivity index (χ0) is 28.3. The van der Waals surface area contributed by atoms with Crippen LogP contribution in [0.1, 0.15) is 29.7 Å². The standard InChI is InChI=1S/C28H25ClF3N3O3S/c1-17-13-20(38-3)12-11-19(17)16-35(28-10-6-9-27(32)34-28)39(36,37)26-14-22(29)25(15-24(26)31)33-18(2)21-7-4-5-8-23(21)30/h4-15,18,33H,16H2,1-3H3/t18-/m0/s1. The molecule has 6 nitrogen and oxygen atoms in total. The number of sulfonamides is 1. The highest BCUT2D eigenvalue weighted by atomic mass is 35.5. The Labute approximate surface area is 230 Å². The molecule has 204 valence electrons. The molecule has 0 spiro atoms. The molecule has 1 aromatic heterocycles. The first-order valence-corrected chi connectivity index (χ1v) is 13.6. The summed E-state index contributed by atoms with van der Waals surface area (Å²) in [6, 6.07) is 16.1. The van der Waals surface area contributed by atoms with Crippen LogP contribution < -0.4 is 14.4 Å². The van der Waals surface area contributed by atoms with E-state index >= 15 is 4.39 Å². The lowest BCUT2D eigenvalue weighted by Gasteiger charge is -2.25. The number of hydrogen-bond donors (Lipinski definition) is 1. The van der Waals surface area contributed by atoms with Gasteiger partial charge in [0.1, 0.15) is 28.1 Å². The Morgan fingerprint density at radius 2 is 1.74 bits per heavy atom. The van der Waals surface area contributed by atoms with Crippen molar-refractivity contribution in [3.05, 3.63) is 112 Å². The number of aryl methyl sites for hydroxylation is 1. The molecule has 39 heavy (non-hydrogen) atoms. The van der Waals surface area contributed by atoms with Gasteiger partial charge in [0.15, 0.2) is 0 Å². The third-order valence-corrected chi connectivity index (χ3v) is 8.23. The molecule has 0 saturated heterocycles. The Bertz CT molecular complexity index is 1620. The van der Waals surface area contributed by atoms with Crippen LogP contribution in [0.3, 0.4) is 0 Å². The quantitative estimate of drug-likeness (QED) is 0.217. The zero-order valence-electron chi connectivity index (χ0n) is 21.3. The number of anilines is 2. The first kappa shape index (κ1) is 28.3. The number of methoxy groups -OCH3 is 1. The summed E-state index contributed by atoms with van der Waals surface area (Å²) in [5.41, 5.74) is 1.66. The summed E-state index contributed by atoms with van der Waals surface area (Å²) in [7, 11) is -3.13.